The van der Waals surface area contributed by atoms with Crippen LogP contribution < -0.4 is 4.72 Å². The van der Waals surface area contributed by atoms with Crippen LogP contribution in [0.4, 0.5) is 13.2 Å². The first-order valence-corrected chi connectivity index (χ1v) is 10.7. The maximum atomic E-state index is 11.2. The molecule has 1 spiro atoms. The van der Waals surface area contributed by atoms with E-state index in [1.54, 1.807) is 0 Å². The monoisotopic (exact) mass is 426 g/mol. The minimum absolute atomic E-state index is 0.396. The smallest absolute Gasteiger partial charge is 0.475 e. The fourth-order valence-corrected chi connectivity index (χ4v) is 4.04. The highest BCUT2D eigenvalue weighted by atomic mass is 32.2. The van der Waals surface area contributed by atoms with E-state index in [2.05, 4.69) is 15.7 Å². The average molecular weight is 426 g/mol. The zero-order chi connectivity index (χ0) is 21.2. The van der Waals surface area contributed by atoms with Crippen LogP contribution in [0.1, 0.15) is 30.8 Å². The average Bonchev–Trinajstić information content (AvgIpc) is 3.08. The largest absolute Gasteiger partial charge is 0.490 e. The first-order chi connectivity index (χ1) is 12.8. The Balaban J connectivity index is 0.000000345. The molecule has 28 heavy (non-hydrogen) atoms. The number of nitrogens with zero attached hydrogens (tertiary/aromatic N) is 1. The number of aryl methyl sites for hydroxylation is 1. The van der Waals surface area contributed by atoms with Gasteiger partial charge in [0.05, 0.1) is 12.8 Å². The van der Waals surface area contributed by atoms with Gasteiger partial charge in [0.1, 0.15) is 11.5 Å². The van der Waals surface area contributed by atoms with Crippen molar-refractivity contribution in [2.75, 3.05) is 25.9 Å². The summed E-state index contributed by atoms with van der Waals surface area (Å²) in [6.07, 6.45) is -0.342. The molecule has 1 aliphatic carbocycles. The molecule has 2 aliphatic rings. The van der Waals surface area contributed by atoms with Gasteiger partial charge in [0.25, 0.3) is 0 Å². The zero-order valence-corrected chi connectivity index (χ0v) is 16.6. The Bertz CT molecular complexity index is 783. The number of aliphatic carboxylic acids is 1. The zero-order valence-electron chi connectivity index (χ0n) is 15.8. The third kappa shape index (κ3) is 6.78. The van der Waals surface area contributed by atoms with Gasteiger partial charge in [-0.1, -0.05) is 0 Å². The van der Waals surface area contributed by atoms with Crippen LogP contribution in [0.25, 0.3) is 0 Å². The maximum absolute atomic E-state index is 11.2. The number of carbonyl (C=O) groups is 1. The standard InChI is InChI=1S/C15H24N2O3S.C2HF3O2/c1-12-3-4-14(20-12)11-17-7-5-15(6-8-17)9-13(15)10-16-21(2,18)19;3-2(4,5)1(6)7/h3-4,13,16H,5-11H2,1-2H3;(H,6,7). The summed E-state index contributed by atoms with van der Waals surface area (Å²) in [4.78, 5) is 11.3. The van der Waals surface area contributed by atoms with Crippen molar-refractivity contribution >= 4 is 16.0 Å². The predicted octanol–water partition coefficient (Wildman–Crippen LogP) is 2.37. The molecule has 1 saturated carbocycles. The van der Waals surface area contributed by atoms with Gasteiger partial charge in [-0.05, 0) is 62.7 Å². The first kappa shape index (κ1) is 22.7. The molecule has 1 unspecified atom stereocenters. The van der Waals surface area contributed by atoms with E-state index in [-0.39, 0.29) is 0 Å². The Hall–Kier alpha value is -1.59. The van der Waals surface area contributed by atoms with E-state index >= 15 is 0 Å². The lowest BCUT2D eigenvalue weighted by Gasteiger charge is -2.32. The lowest BCUT2D eigenvalue weighted by molar-refractivity contribution is -0.192. The summed E-state index contributed by atoms with van der Waals surface area (Å²) in [7, 11) is -3.06. The molecule has 0 aromatic carbocycles. The Labute approximate surface area is 161 Å². The summed E-state index contributed by atoms with van der Waals surface area (Å²) < 4.78 is 62.3. The summed E-state index contributed by atoms with van der Waals surface area (Å²) in [6.45, 7) is 5.62. The first-order valence-electron chi connectivity index (χ1n) is 8.83. The summed E-state index contributed by atoms with van der Waals surface area (Å²) in [6, 6.07) is 4.06. The molecule has 1 atom stereocenters. The molecule has 0 amide bonds. The second-order valence-electron chi connectivity index (χ2n) is 7.48. The van der Waals surface area contributed by atoms with Crippen LogP contribution in [-0.2, 0) is 21.4 Å². The normalized spacial score (nSPS) is 21.8. The number of rotatable bonds is 5. The van der Waals surface area contributed by atoms with Crippen molar-refractivity contribution < 1.29 is 35.9 Å². The van der Waals surface area contributed by atoms with E-state index in [0.717, 1.165) is 31.2 Å². The molecule has 7 nitrogen and oxygen atoms in total. The number of carboxylic acids is 1. The third-order valence-electron chi connectivity index (χ3n) is 5.22. The van der Waals surface area contributed by atoms with Crippen molar-refractivity contribution in [1.29, 1.82) is 0 Å². The molecular formula is C17H25F3N2O5S. The Morgan fingerprint density at radius 1 is 1.36 bits per heavy atom. The van der Waals surface area contributed by atoms with Crippen LogP contribution in [-0.4, -0.2) is 56.5 Å². The third-order valence-corrected chi connectivity index (χ3v) is 5.91. The Kier molecular flexibility index (Phi) is 6.82. The second-order valence-corrected chi connectivity index (χ2v) is 9.31. The summed E-state index contributed by atoms with van der Waals surface area (Å²) in [5, 5.41) is 7.12. The van der Waals surface area contributed by atoms with Crippen molar-refractivity contribution in [2.24, 2.45) is 11.3 Å². The van der Waals surface area contributed by atoms with Crippen molar-refractivity contribution in [1.82, 2.24) is 9.62 Å². The molecule has 1 aliphatic heterocycles. The minimum atomic E-state index is -5.08. The van der Waals surface area contributed by atoms with Gasteiger partial charge in [-0.3, -0.25) is 4.90 Å². The quantitative estimate of drug-likeness (QED) is 0.750. The number of hydrogen-bond acceptors (Lipinski definition) is 5. The molecule has 0 radical (unpaired) electrons. The Morgan fingerprint density at radius 3 is 2.36 bits per heavy atom. The van der Waals surface area contributed by atoms with Crippen LogP contribution in [0.15, 0.2) is 16.5 Å². The molecule has 3 rings (SSSR count). The van der Waals surface area contributed by atoms with E-state index in [4.69, 9.17) is 14.3 Å². The van der Waals surface area contributed by atoms with Crippen LogP contribution in [0.3, 0.4) is 0 Å². The summed E-state index contributed by atoms with van der Waals surface area (Å²) >= 11 is 0. The number of piperidine rings is 1. The molecular weight excluding hydrogens is 401 g/mol. The molecule has 2 heterocycles. The van der Waals surface area contributed by atoms with E-state index < -0.39 is 22.2 Å². The van der Waals surface area contributed by atoms with Gasteiger partial charge in [0.2, 0.25) is 10.0 Å². The highest BCUT2D eigenvalue weighted by Crippen LogP contribution is 2.59. The number of sulfonamides is 1. The highest BCUT2D eigenvalue weighted by Gasteiger charge is 2.54. The molecule has 1 aromatic rings. The Morgan fingerprint density at radius 2 is 1.93 bits per heavy atom. The van der Waals surface area contributed by atoms with Crippen molar-refractivity contribution in [3.8, 4) is 0 Å². The number of hydrogen-bond donors (Lipinski definition) is 2. The molecule has 160 valence electrons. The fraction of sp³-hybridized carbons (Fsp3) is 0.706. The van der Waals surface area contributed by atoms with Gasteiger partial charge in [-0.15, -0.1) is 0 Å². The summed E-state index contributed by atoms with van der Waals surface area (Å²) in [5.41, 5.74) is 0.396. The number of furan rings is 1. The van der Waals surface area contributed by atoms with Crippen LogP contribution in [0, 0.1) is 18.3 Å². The maximum Gasteiger partial charge on any atom is 0.490 e. The number of likely N-dealkylation sites (tertiary alicyclic amines) is 1. The molecule has 0 bridgehead atoms. The van der Waals surface area contributed by atoms with Crippen molar-refractivity contribution in [3.05, 3.63) is 23.7 Å². The number of nitrogens with one attached hydrogen (secondary N) is 1. The number of alkyl halides is 3. The lowest BCUT2D eigenvalue weighted by Crippen LogP contribution is -2.35. The molecule has 2 N–H and O–H groups in total. The molecule has 2 fully saturated rings. The minimum Gasteiger partial charge on any atom is -0.475 e. The van der Waals surface area contributed by atoms with E-state index in [1.807, 2.05) is 13.0 Å². The van der Waals surface area contributed by atoms with Crippen LogP contribution in [0.5, 0.6) is 0 Å². The predicted molar refractivity (Wildman–Crippen MR) is 95.0 cm³/mol. The van der Waals surface area contributed by atoms with Crippen LogP contribution >= 0.6 is 0 Å². The topological polar surface area (TPSA) is 99.9 Å². The lowest BCUT2D eigenvalue weighted by atomic mass is 9.91. The van der Waals surface area contributed by atoms with Crippen LogP contribution in [0.2, 0.25) is 0 Å². The van der Waals surface area contributed by atoms with E-state index in [1.165, 1.54) is 25.5 Å². The molecule has 1 aromatic heterocycles. The highest BCUT2D eigenvalue weighted by molar-refractivity contribution is 7.88. The second kappa shape index (κ2) is 8.42. The molecule has 1 saturated heterocycles. The number of carboxylic acid groups (broad SMARTS) is 1. The van der Waals surface area contributed by atoms with Gasteiger partial charge >= 0.3 is 12.1 Å². The van der Waals surface area contributed by atoms with Crippen molar-refractivity contribution in [3.63, 3.8) is 0 Å². The van der Waals surface area contributed by atoms with Gasteiger partial charge in [0, 0.05) is 6.54 Å². The molecule has 11 heteroatoms. The fourth-order valence-electron chi connectivity index (χ4n) is 3.53. The van der Waals surface area contributed by atoms with Gasteiger partial charge in [0.15, 0.2) is 0 Å². The van der Waals surface area contributed by atoms with E-state index in [0.29, 0.717) is 17.9 Å². The van der Waals surface area contributed by atoms with E-state index in [9.17, 15) is 21.6 Å². The van der Waals surface area contributed by atoms with Gasteiger partial charge in [-0.2, -0.15) is 13.2 Å². The number of halogens is 3. The van der Waals surface area contributed by atoms with Crippen molar-refractivity contribution in [2.45, 2.75) is 38.9 Å². The van der Waals surface area contributed by atoms with Gasteiger partial charge < -0.3 is 9.52 Å². The SMILES string of the molecule is Cc1ccc(CN2CCC3(CC2)CC3CNS(C)(=O)=O)o1.O=C(O)C(F)(F)F. The summed E-state index contributed by atoms with van der Waals surface area (Å²) in [5.74, 6) is -0.227. The van der Waals surface area contributed by atoms with Gasteiger partial charge in [-0.25, -0.2) is 17.9 Å².